The lowest BCUT2D eigenvalue weighted by atomic mass is 10.2. The summed E-state index contributed by atoms with van der Waals surface area (Å²) < 4.78 is 14.4. The van der Waals surface area contributed by atoms with Gasteiger partial charge in [0, 0.05) is 10.4 Å². The zero-order valence-corrected chi connectivity index (χ0v) is 22.8. The average molecular weight is 707 g/mol. The van der Waals surface area contributed by atoms with Crippen LogP contribution in [0.4, 0.5) is 0 Å². The minimum atomic E-state index is -0.321. The third-order valence-corrected chi connectivity index (χ3v) is 6.91. The van der Waals surface area contributed by atoms with E-state index in [0.29, 0.717) is 33.0 Å². The minimum Gasteiger partial charge on any atom is -0.477 e. The van der Waals surface area contributed by atoms with Gasteiger partial charge in [0.1, 0.15) is 17.4 Å². The first-order valence-electron chi connectivity index (χ1n) is 10.2. The number of furan rings is 1. The Morgan fingerprint density at radius 3 is 2.69 bits per heavy atom. The number of nitriles is 1. The Morgan fingerprint density at radius 1 is 1.14 bits per heavy atom. The molecule has 10 heteroatoms. The summed E-state index contributed by atoms with van der Waals surface area (Å²) in [6.45, 7) is -0.0380. The molecular formula is C25H13ClI2N4O3. The monoisotopic (exact) mass is 706 g/mol. The average Bonchev–Trinajstić information content (AvgIpc) is 3.26. The number of benzene rings is 3. The normalized spacial score (nSPS) is 11.4. The molecule has 7 nitrogen and oxygen atoms in total. The van der Waals surface area contributed by atoms with Crippen LogP contribution in [0.15, 0.2) is 75.0 Å². The van der Waals surface area contributed by atoms with Crippen molar-refractivity contribution in [3.05, 3.63) is 88.7 Å². The standard InChI is InChI=1S/C25H13ClI2N4O3/c26-16-5-6-21-15(11-16)12-22(35-21)24-31-20-4-2-1-3-17(20)25(33)32(24)30-13-14-9-18(27)23(19(28)10-14)34-8-7-29/h1-6,9-13H,8H2. The van der Waals surface area contributed by atoms with Gasteiger partial charge in [-0.05, 0) is 99.3 Å². The van der Waals surface area contributed by atoms with Crippen LogP contribution >= 0.6 is 56.8 Å². The molecule has 0 spiro atoms. The Balaban J connectivity index is 1.65. The molecule has 0 unspecified atom stereocenters. The van der Waals surface area contributed by atoms with E-state index in [1.54, 1.807) is 48.7 Å². The molecule has 5 rings (SSSR count). The number of fused-ring (bicyclic) bond motifs is 2. The van der Waals surface area contributed by atoms with Crippen LogP contribution in [0.2, 0.25) is 5.02 Å². The van der Waals surface area contributed by atoms with E-state index in [4.69, 9.17) is 26.0 Å². The van der Waals surface area contributed by atoms with Gasteiger partial charge in [0.25, 0.3) is 5.56 Å². The number of halogens is 3. The third-order valence-electron chi connectivity index (χ3n) is 5.08. The van der Waals surface area contributed by atoms with Gasteiger partial charge in [-0.3, -0.25) is 4.79 Å². The maximum Gasteiger partial charge on any atom is 0.282 e. The van der Waals surface area contributed by atoms with E-state index in [2.05, 4.69) is 55.3 Å². The van der Waals surface area contributed by atoms with Gasteiger partial charge < -0.3 is 9.15 Å². The molecular weight excluding hydrogens is 694 g/mol. The predicted molar refractivity (Wildman–Crippen MR) is 152 cm³/mol. The summed E-state index contributed by atoms with van der Waals surface area (Å²) in [6, 6.07) is 19.9. The fraction of sp³-hybridized carbons (Fsp3) is 0.0400. The lowest BCUT2D eigenvalue weighted by Gasteiger charge is -2.09. The van der Waals surface area contributed by atoms with Crippen LogP contribution in [0.25, 0.3) is 33.5 Å². The van der Waals surface area contributed by atoms with Gasteiger partial charge in [-0.25, -0.2) is 4.98 Å². The second-order valence-corrected chi connectivity index (χ2v) is 10.1. The summed E-state index contributed by atoms with van der Waals surface area (Å²) >= 11 is 10.4. The molecule has 0 N–H and O–H groups in total. The van der Waals surface area contributed by atoms with Crippen molar-refractivity contribution in [1.29, 1.82) is 5.26 Å². The van der Waals surface area contributed by atoms with Gasteiger partial charge in [0.2, 0.25) is 5.82 Å². The van der Waals surface area contributed by atoms with E-state index in [0.717, 1.165) is 18.1 Å². The van der Waals surface area contributed by atoms with Gasteiger partial charge in [-0.1, -0.05) is 23.7 Å². The first kappa shape index (κ1) is 23.8. The molecule has 35 heavy (non-hydrogen) atoms. The van der Waals surface area contributed by atoms with Crippen molar-refractivity contribution in [3.63, 3.8) is 0 Å². The highest BCUT2D eigenvalue weighted by Gasteiger charge is 2.17. The Morgan fingerprint density at radius 2 is 1.91 bits per heavy atom. The van der Waals surface area contributed by atoms with Crippen LogP contribution in [0.5, 0.6) is 5.75 Å². The highest BCUT2D eigenvalue weighted by atomic mass is 127. The number of nitrogens with zero attached hydrogens (tertiary/aromatic N) is 4. The Labute approximate surface area is 231 Å². The maximum atomic E-state index is 13.4. The second-order valence-electron chi connectivity index (χ2n) is 7.37. The molecule has 3 aromatic carbocycles. The lowest BCUT2D eigenvalue weighted by molar-refractivity contribution is 0.363. The molecule has 0 atom stereocenters. The van der Waals surface area contributed by atoms with Crippen LogP contribution in [0, 0.1) is 18.5 Å². The topological polar surface area (TPSA) is 93.4 Å². The van der Waals surface area contributed by atoms with E-state index in [1.165, 1.54) is 4.68 Å². The number of para-hydroxylation sites is 1. The summed E-state index contributed by atoms with van der Waals surface area (Å²) in [5.41, 5.74) is 1.60. The van der Waals surface area contributed by atoms with E-state index < -0.39 is 0 Å². The summed E-state index contributed by atoms with van der Waals surface area (Å²) in [6.07, 6.45) is 1.58. The van der Waals surface area contributed by atoms with Gasteiger partial charge in [-0.15, -0.1) is 0 Å². The van der Waals surface area contributed by atoms with Gasteiger partial charge in [0.15, 0.2) is 12.4 Å². The number of rotatable bonds is 5. The van der Waals surface area contributed by atoms with Gasteiger partial charge >= 0.3 is 0 Å². The van der Waals surface area contributed by atoms with E-state index in [1.807, 2.05) is 24.3 Å². The van der Waals surface area contributed by atoms with Crippen molar-refractivity contribution in [2.24, 2.45) is 5.10 Å². The fourth-order valence-electron chi connectivity index (χ4n) is 3.54. The van der Waals surface area contributed by atoms with Crippen molar-refractivity contribution >= 4 is 84.9 Å². The van der Waals surface area contributed by atoms with Crippen molar-refractivity contribution in [2.75, 3.05) is 6.61 Å². The van der Waals surface area contributed by atoms with Crippen LogP contribution in [0.1, 0.15) is 5.56 Å². The molecule has 0 saturated heterocycles. The SMILES string of the molecule is N#CCOc1c(I)cc(C=Nn2c(-c3cc4cc(Cl)ccc4o3)nc3ccccc3c2=O)cc1I. The molecule has 0 bridgehead atoms. The maximum absolute atomic E-state index is 13.4. The van der Waals surface area contributed by atoms with Gasteiger partial charge in [0.05, 0.1) is 24.3 Å². The molecule has 2 heterocycles. The molecule has 0 fully saturated rings. The second kappa shape index (κ2) is 9.96. The number of hydrogen-bond donors (Lipinski definition) is 0. The van der Waals surface area contributed by atoms with Crippen LogP contribution < -0.4 is 10.3 Å². The predicted octanol–water partition coefficient (Wildman–Crippen LogP) is 6.46. The molecule has 172 valence electrons. The van der Waals surface area contributed by atoms with Crippen molar-refractivity contribution in [3.8, 4) is 23.4 Å². The highest BCUT2D eigenvalue weighted by molar-refractivity contribution is 14.1. The largest absolute Gasteiger partial charge is 0.477 e. The first-order valence-corrected chi connectivity index (χ1v) is 12.7. The molecule has 2 aromatic heterocycles. The number of aromatic nitrogens is 2. The highest BCUT2D eigenvalue weighted by Crippen LogP contribution is 2.30. The number of hydrogen-bond acceptors (Lipinski definition) is 6. The van der Waals surface area contributed by atoms with E-state index in [-0.39, 0.29) is 18.0 Å². The molecule has 0 aliphatic rings. The lowest BCUT2D eigenvalue weighted by Crippen LogP contribution is -2.20. The molecule has 0 saturated carbocycles. The van der Waals surface area contributed by atoms with E-state index >= 15 is 0 Å². The van der Waals surface area contributed by atoms with Crippen LogP contribution in [0.3, 0.4) is 0 Å². The smallest absolute Gasteiger partial charge is 0.282 e. The quantitative estimate of drug-likeness (QED) is 0.155. The molecule has 5 aromatic rings. The fourth-order valence-corrected chi connectivity index (χ4v) is 5.84. The van der Waals surface area contributed by atoms with Crippen LogP contribution in [-0.2, 0) is 0 Å². The Kier molecular flexibility index (Phi) is 6.77. The van der Waals surface area contributed by atoms with Crippen molar-refractivity contribution < 1.29 is 9.15 Å². The minimum absolute atomic E-state index is 0.0380. The van der Waals surface area contributed by atoms with E-state index in [9.17, 15) is 4.79 Å². The zero-order valence-electron chi connectivity index (χ0n) is 17.7. The van der Waals surface area contributed by atoms with Crippen molar-refractivity contribution in [1.82, 2.24) is 9.66 Å². The van der Waals surface area contributed by atoms with Gasteiger partial charge in [-0.2, -0.15) is 15.0 Å². The molecule has 0 radical (unpaired) electrons. The van der Waals surface area contributed by atoms with Crippen LogP contribution in [-0.4, -0.2) is 22.5 Å². The summed E-state index contributed by atoms with van der Waals surface area (Å²) in [5.74, 6) is 1.30. The Bertz CT molecular complexity index is 1710. The van der Waals surface area contributed by atoms with Crippen molar-refractivity contribution in [2.45, 2.75) is 0 Å². The number of ether oxygens (including phenoxy) is 1. The Hall–Kier alpha value is -2.95. The summed E-state index contributed by atoms with van der Waals surface area (Å²) in [4.78, 5) is 18.1. The summed E-state index contributed by atoms with van der Waals surface area (Å²) in [5, 5.41) is 15.1. The first-order chi connectivity index (χ1) is 16.9. The third kappa shape index (κ3) is 4.78. The summed E-state index contributed by atoms with van der Waals surface area (Å²) in [7, 11) is 0. The molecule has 0 amide bonds. The molecule has 0 aliphatic heterocycles. The zero-order chi connectivity index (χ0) is 24.5. The molecule has 0 aliphatic carbocycles.